The Labute approximate surface area is 188 Å². The van der Waals surface area contributed by atoms with Crippen LogP contribution in [0.5, 0.6) is 11.5 Å². The molecule has 0 atom stereocenters. The summed E-state index contributed by atoms with van der Waals surface area (Å²) in [6, 6.07) is 21.7. The van der Waals surface area contributed by atoms with Gasteiger partial charge >= 0.3 is 0 Å². The van der Waals surface area contributed by atoms with Crippen molar-refractivity contribution in [3.8, 4) is 11.5 Å². The smallest absolute Gasteiger partial charge is 0.264 e. The summed E-state index contributed by atoms with van der Waals surface area (Å²) in [6.45, 7) is 4.21. The highest BCUT2D eigenvalue weighted by molar-refractivity contribution is 7.92. The van der Waals surface area contributed by atoms with Crippen molar-refractivity contribution >= 4 is 27.3 Å². The molecule has 3 aromatic rings. The molecule has 1 amide bonds. The van der Waals surface area contributed by atoms with Crippen molar-refractivity contribution in [3.63, 3.8) is 0 Å². The zero-order chi connectivity index (χ0) is 23.0. The van der Waals surface area contributed by atoms with Crippen LogP contribution in [0.1, 0.15) is 13.8 Å². The highest BCUT2D eigenvalue weighted by atomic mass is 32.2. The molecule has 0 bridgehead atoms. The van der Waals surface area contributed by atoms with Crippen LogP contribution in [0.25, 0.3) is 0 Å². The molecule has 0 unspecified atom stereocenters. The maximum Gasteiger partial charge on any atom is 0.264 e. The summed E-state index contributed by atoms with van der Waals surface area (Å²) in [6.07, 6.45) is 0. The topological polar surface area (TPSA) is 84.9 Å². The number of anilines is 2. The van der Waals surface area contributed by atoms with Crippen molar-refractivity contribution in [2.45, 2.75) is 18.7 Å². The zero-order valence-corrected chi connectivity index (χ0v) is 18.8. The number of carbonyl (C=O) groups excluding carboxylic acids is 1. The first kappa shape index (κ1) is 23.1. The third-order valence-corrected chi connectivity index (χ3v) is 6.30. The number of ether oxygens (including phenoxy) is 2. The van der Waals surface area contributed by atoms with Crippen LogP contribution in [0.4, 0.5) is 11.4 Å². The van der Waals surface area contributed by atoms with Crippen LogP contribution in [0.15, 0.2) is 83.8 Å². The predicted octanol–water partition coefficient (Wildman–Crippen LogP) is 4.32. The third kappa shape index (κ3) is 5.59. The quantitative estimate of drug-likeness (QED) is 0.493. The monoisotopic (exact) mass is 454 g/mol. The standard InChI is InChI=1S/C24H26N2O5S/c1-3-30-20-14-16-21(17-15-20)32(28,29)26(19-10-6-5-7-11-19)18-24(27)25-22-12-8-9-13-23(22)31-4-2/h5-17H,3-4,18H2,1-2H3,(H,25,27). The Kier molecular flexibility index (Phi) is 7.72. The molecule has 0 radical (unpaired) electrons. The summed E-state index contributed by atoms with van der Waals surface area (Å²) in [5.74, 6) is 0.600. The van der Waals surface area contributed by atoms with E-state index in [1.807, 2.05) is 13.8 Å². The normalized spacial score (nSPS) is 10.9. The van der Waals surface area contributed by atoms with E-state index in [4.69, 9.17) is 9.47 Å². The number of amides is 1. The molecule has 0 spiro atoms. The molecule has 0 fully saturated rings. The molecule has 1 N–H and O–H groups in total. The van der Waals surface area contributed by atoms with Crippen LogP contribution in [-0.4, -0.2) is 34.1 Å². The van der Waals surface area contributed by atoms with Crippen molar-refractivity contribution in [2.75, 3.05) is 29.4 Å². The van der Waals surface area contributed by atoms with Gasteiger partial charge in [-0.15, -0.1) is 0 Å². The lowest BCUT2D eigenvalue weighted by Gasteiger charge is -2.24. The minimum Gasteiger partial charge on any atom is -0.494 e. The molecule has 3 rings (SSSR count). The van der Waals surface area contributed by atoms with E-state index in [1.165, 1.54) is 12.1 Å². The SMILES string of the molecule is CCOc1ccc(S(=O)(=O)N(CC(=O)Nc2ccccc2OCC)c2ccccc2)cc1. The van der Waals surface area contributed by atoms with Gasteiger partial charge in [0.1, 0.15) is 18.0 Å². The van der Waals surface area contributed by atoms with Gasteiger partial charge in [-0.3, -0.25) is 9.10 Å². The molecule has 0 saturated heterocycles. The molecule has 0 aliphatic heterocycles. The molecule has 3 aromatic carbocycles. The summed E-state index contributed by atoms with van der Waals surface area (Å²) < 4.78 is 38.9. The number of hydrogen-bond acceptors (Lipinski definition) is 5. The highest BCUT2D eigenvalue weighted by Crippen LogP contribution is 2.27. The summed E-state index contributed by atoms with van der Waals surface area (Å²) in [7, 11) is -4.01. The molecule has 168 valence electrons. The summed E-state index contributed by atoms with van der Waals surface area (Å²) >= 11 is 0. The van der Waals surface area contributed by atoms with Crippen LogP contribution in [0, 0.1) is 0 Å². The van der Waals surface area contributed by atoms with Crippen molar-refractivity contribution in [2.24, 2.45) is 0 Å². The van der Waals surface area contributed by atoms with Gasteiger partial charge in [-0.25, -0.2) is 8.42 Å². The Bertz CT molecular complexity index is 1130. The molecule has 0 saturated carbocycles. The van der Waals surface area contributed by atoms with E-state index in [9.17, 15) is 13.2 Å². The number of benzene rings is 3. The zero-order valence-electron chi connectivity index (χ0n) is 18.0. The summed E-state index contributed by atoms with van der Waals surface area (Å²) in [4.78, 5) is 12.9. The average Bonchev–Trinajstić information content (AvgIpc) is 2.80. The summed E-state index contributed by atoms with van der Waals surface area (Å²) in [5, 5.41) is 2.75. The lowest BCUT2D eigenvalue weighted by Crippen LogP contribution is -2.38. The number of sulfonamides is 1. The number of para-hydroxylation sites is 3. The Balaban J connectivity index is 1.89. The van der Waals surface area contributed by atoms with E-state index in [0.29, 0.717) is 36.1 Å². The van der Waals surface area contributed by atoms with Crippen molar-refractivity contribution in [3.05, 3.63) is 78.9 Å². The molecule has 0 aliphatic carbocycles. The fourth-order valence-corrected chi connectivity index (χ4v) is 4.50. The molecular weight excluding hydrogens is 428 g/mol. The van der Waals surface area contributed by atoms with Gasteiger partial charge in [0.15, 0.2) is 0 Å². The van der Waals surface area contributed by atoms with Gasteiger partial charge in [-0.2, -0.15) is 0 Å². The first-order valence-electron chi connectivity index (χ1n) is 10.3. The molecule has 32 heavy (non-hydrogen) atoms. The second-order valence-corrected chi connectivity index (χ2v) is 8.59. The molecule has 0 aliphatic rings. The largest absolute Gasteiger partial charge is 0.494 e. The molecule has 0 aromatic heterocycles. The van der Waals surface area contributed by atoms with Gasteiger partial charge in [-0.1, -0.05) is 30.3 Å². The van der Waals surface area contributed by atoms with Gasteiger partial charge in [0.05, 0.1) is 29.5 Å². The Morgan fingerprint density at radius 2 is 1.47 bits per heavy atom. The maximum absolute atomic E-state index is 13.4. The van der Waals surface area contributed by atoms with Crippen LogP contribution in [0.3, 0.4) is 0 Å². The van der Waals surface area contributed by atoms with E-state index in [-0.39, 0.29) is 4.90 Å². The lowest BCUT2D eigenvalue weighted by atomic mass is 10.3. The van der Waals surface area contributed by atoms with E-state index >= 15 is 0 Å². The van der Waals surface area contributed by atoms with Gasteiger partial charge in [-0.05, 0) is 62.4 Å². The lowest BCUT2D eigenvalue weighted by molar-refractivity contribution is -0.114. The highest BCUT2D eigenvalue weighted by Gasteiger charge is 2.27. The van der Waals surface area contributed by atoms with Gasteiger partial charge in [0, 0.05) is 0 Å². The second kappa shape index (κ2) is 10.7. The number of rotatable bonds is 10. The average molecular weight is 455 g/mol. The fourth-order valence-electron chi connectivity index (χ4n) is 3.08. The van der Waals surface area contributed by atoms with Crippen molar-refractivity contribution in [1.82, 2.24) is 0 Å². The van der Waals surface area contributed by atoms with E-state index in [1.54, 1.807) is 66.7 Å². The predicted molar refractivity (Wildman–Crippen MR) is 125 cm³/mol. The van der Waals surface area contributed by atoms with E-state index in [0.717, 1.165) is 4.31 Å². The van der Waals surface area contributed by atoms with Gasteiger partial charge in [0.25, 0.3) is 10.0 Å². The van der Waals surface area contributed by atoms with Crippen LogP contribution >= 0.6 is 0 Å². The maximum atomic E-state index is 13.4. The molecule has 8 heteroatoms. The van der Waals surface area contributed by atoms with Gasteiger partial charge < -0.3 is 14.8 Å². The fraction of sp³-hybridized carbons (Fsp3) is 0.208. The number of nitrogens with zero attached hydrogens (tertiary/aromatic N) is 1. The summed E-state index contributed by atoms with van der Waals surface area (Å²) in [5.41, 5.74) is 0.862. The van der Waals surface area contributed by atoms with Gasteiger partial charge in [0.2, 0.25) is 5.91 Å². The van der Waals surface area contributed by atoms with Crippen LogP contribution in [-0.2, 0) is 14.8 Å². The minimum atomic E-state index is -4.01. The molecule has 0 heterocycles. The van der Waals surface area contributed by atoms with E-state index < -0.39 is 22.5 Å². The number of carbonyl (C=O) groups is 1. The van der Waals surface area contributed by atoms with Crippen LogP contribution in [0.2, 0.25) is 0 Å². The van der Waals surface area contributed by atoms with Crippen LogP contribution < -0.4 is 19.1 Å². The van der Waals surface area contributed by atoms with Crippen molar-refractivity contribution < 1.29 is 22.7 Å². The third-order valence-electron chi connectivity index (χ3n) is 4.52. The number of hydrogen-bond donors (Lipinski definition) is 1. The van der Waals surface area contributed by atoms with E-state index in [2.05, 4.69) is 5.32 Å². The molecular formula is C24H26N2O5S. The first-order valence-corrected chi connectivity index (χ1v) is 11.7. The van der Waals surface area contributed by atoms with Crippen molar-refractivity contribution in [1.29, 1.82) is 0 Å². The molecule has 7 nitrogen and oxygen atoms in total. The Morgan fingerprint density at radius 1 is 0.844 bits per heavy atom. The Morgan fingerprint density at radius 3 is 2.12 bits per heavy atom. The first-order chi connectivity index (χ1) is 15.5. The Hall–Kier alpha value is -3.52. The number of nitrogens with one attached hydrogen (secondary N) is 1. The second-order valence-electron chi connectivity index (χ2n) is 6.73. The minimum absolute atomic E-state index is 0.0623.